The molecule has 0 unspecified atom stereocenters. The summed E-state index contributed by atoms with van der Waals surface area (Å²) in [5.41, 5.74) is 0. The molecule has 0 radical (unpaired) electrons. The number of ether oxygens (including phenoxy) is 1. The van der Waals surface area contributed by atoms with E-state index in [2.05, 4.69) is 26.1 Å². The van der Waals surface area contributed by atoms with Gasteiger partial charge in [0.2, 0.25) is 9.23 Å². The molecule has 0 heterocycles. The molecule has 1 N–H and O–H groups in total. The lowest BCUT2D eigenvalue weighted by atomic mass is 10.5. The summed E-state index contributed by atoms with van der Waals surface area (Å²) in [4.78, 5) is 9.68. The van der Waals surface area contributed by atoms with Gasteiger partial charge in [-0.2, -0.15) is 0 Å². The Bertz CT molecular complexity index is 125. The van der Waals surface area contributed by atoms with Crippen LogP contribution >= 0.6 is 21.4 Å². The molecule has 0 spiro atoms. The van der Waals surface area contributed by atoms with Gasteiger partial charge in [0.15, 0.2) is 0 Å². The Hall–Kier alpha value is 0.160. The van der Waals surface area contributed by atoms with Gasteiger partial charge in [-0.25, -0.2) is 4.21 Å². The van der Waals surface area contributed by atoms with Gasteiger partial charge < -0.3 is 9.84 Å². The number of carboxylic acid groups (broad SMARTS) is 1. The molecule has 0 aliphatic heterocycles. The Morgan fingerprint density at radius 2 is 2.00 bits per heavy atom. The normalized spacial score (nSPS) is 8.73. The maximum Gasteiger partial charge on any atom is 0.305 e. The minimum atomic E-state index is -1.67. The van der Waals surface area contributed by atoms with Gasteiger partial charge in [-0.05, 0) is 0 Å². The van der Waals surface area contributed by atoms with Crippen LogP contribution in [0.15, 0.2) is 0 Å². The highest BCUT2D eigenvalue weighted by Gasteiger charge is 1.91. The van der Waals surface area contributed by atoms with Crippen LogP contribution in [0.1, 0.15) is 6.42 Å². The fourth-order valence-electron chi connectivity index (χ4n) is 0.189. The van der Waals surface area contributed by atoms with E-state index in [-0.39, 0.29) is 6.42 Å². The van der Waals surface area contributed by atoms with Gasteiger partial charge in [0.25, 0.3) is 0 Å². The SMILES string of the molecule is COCCC(=O)O.O=S(Cl)Cl. The van der Waals surface area contributed by atoms with Crippen molar-refractivity contribution in [2.45, 2.75) is 6.42 Å². The molecule has 0 fully saturated rings. The van der Waals surface area contributed by atoms with Gasteiger partial charge in [-0.1, -0.05) is 0 Å². The van der Waals surface area contributed by atoms with Crippen LogP contribution in [0.5, 0.6) is 0 Å². The van der Waals surface area contributed by atoms with E-state index in [1.54, 1.807) is 0 Å². The highest BCUT2D eigenvalue weighted by Crippen LogP contribution is 1.89. The van der Waals surface area contributed by atoms with Crippen molar-refractivity contribution >= 4 is 36.6 Å². The van der Waals surface area contributed by atoms with E-state index in [0.29, 0.717) is 6.61 Å². The maximum absolute atomic E-state index is 9.68. The van der Waals surface area contributed by atoms with E-state index in [1.165, 1.54) is 7.11 Å². The first-order chi connectivity index (χ1) is 5.00. The number of aliphatic carboxylic acids is 1. The topological polar surface area (TPSA) is 63.6 Å². The van der Waals surface area contributed by atoms with Gasteiger partial charge in [0.05, 0.1) is 13.0 Å². The van der Waals surface area contributed by atoms with Crippen LogP contribution in [-0.2, 0) is 18.8 Å². The van der Waals surface area contributed by atoms with Gasteiger partial charge in [-0.3, -0.25) is 4.79 Å². The second-order valence-corrected chi connectivity index (χ2v) is 3.85. The van der Waals surface area contributed by atoms with Crippen molar-refractivity contribution in [1.82, 2.24) is 0 Å². The van der Waals surface area contributed by atoms with Crippen LogP contribution in [0.2, 0.25) is 0 Å². The molecule has 0 aromatic heterocycles. The average Bonchev–Trinajstić information content (AvgIpc) is 1.82. The molecule has 0 bridgehead atoms. The highest BCUT2D eigenvalue weighted by atomic mass is 36.0. The first-order valence-electron chi connectivity index (χ1n) is 2.45. The van der Waals surface area contributed by atoms with Gasteiger partial charge >= 0.3 is 5.97 Å². The number of carboxylic acids is 1. The van der Waals surface area contributed by atoms with Crippen LogP contribution in [0.25, 0.3) is 0 Å². The Morgan fingerprint density at radius 3 is 2.09 bits per heavy atom. The number of hydrogen-bond acceptors (Lipinski definition) is 3. The van der Waals surface area contributed by atoms with Gasteiger partial charge in [0.1, 0.15) is 0 Å². The Balaban J connectivity index is 0. The van der Waals surface area contributed by atoms with Crippen LogP contribution in [-0.4, -0.2) is 29.0 Å². The molecule has 0 saturated heterocycles. The molecule has 0 aliphatic rings. The minimum absolute atomic E-state index is 0.0938. The van der Waals surface area contributed by atoms with Crippen LogP contribution in [0.4, 0.5) is 0 Å². The largest absolute Gasteiger partial charge is 0.481 e. The molecule has 7 heteroatoms. The summed E-state index contributed by atoms with van der Waals surface area (Å²) in [5.74, 6) is -0.818. The molecular formula is C4H8Cl2O4S. The molecule has 0 amide bonds. The van der Waals surface area contributed by atoms with E-state index in [0.717, 1.165) is 0 Å². The van der Waals surface area contributed by atoms with E-state index in [1.807, 2.05) is 0 Å². The molecular weight excluding hydrogens is 215 g/mol. The van der Waals surface area contributed by atoms with Crippen molar-refractivity contribution in [2.75, 3.05) is 13.7 Å². The third kappa shape index (κ3) is 39.1. The lowest BCUT2D eigenvalue weighted by Crippen LogP contribution is -1.99. The van der Waals surface area contributed by atoms with Crippen LogP contribution in [0.3, 0.4) is 0 Å². The average molecular weight is 223 g/mol. The van der Waals surface area contributed by atoms with E-state index in [4.69, 9.17) is 9.32 Å². The summed E-state index contributed by atoms with van der Waals surface area (Å²) in [6.07, 6.45) is 0.0938. The summed E-state index contributed by atoms with van der Waals surface area (Å²) < 4.78 is 13.6. The minimum Gasteiger partial charge on any atom is -0.481 e. The first-order valence-corrected chi connectivity index (χ1v) is 5.26. The molecule has 0 aromatic carbocycles. The molecule has 68 valence electrons. The quantitative estimate of drug-likeness (QED) is 0.729. The smallest absolute Gasteiger partial charge is 0.305 e. The monoisotopic (exact) mass is 222 g/mol. The second kappa shape index (κ2) is 10.2. The molecule has 0 aliphatic carbocycles. The molecule has 0 aromatic rings. The summed E-state index contributed by atoms with van der Waals surface area (Å²) in [6.45, 7) is 0.301. The van der Waals surface area contributed by atoms with E-state index >= 15 is 0 Å². The lowest BCUT2D eigenvalue weighted by Gasteiger charge is -1.88. The Kier molecular flexibility index (Phi) is 12.7. The summed E-state index contributed by atoms with van der Waals surface area (Å²) in [7, 11) is 8.83. The van der Waals surface area contributed by atoms with Crippen LogP contribution in [0, 0.1) is 0 Å². The van der Waals surface area contributed by atoms with Crippen molar-refractivity contribution in [1.29, 1.82) is 0 Å². The molecule has 0 atom stereocenters. The fourth-order valence-corrected chi connectivity index (χ4v) is 0.189. The zero-order chi connectivity index (χ0) is 9.28. The van der Waals surface area contributed by atoms with E-state index in [9.17, 15) is 4.79 Å². The fraction of sp³-hybridized carbons (Fsp3) is 0.750. The predicted molar refractivity (Wildman–Crippen MR) is 44.0 cm³/mol. The number of rotatable bonds is 3. The predicted octanol–water partition coefficient (Wildman–Crippen LogP) is 1.15. The Morgan fingerprint density at radius 1 is 1.64 bits per heavy atom. The third-order valence-corrected chi connectivity index (χ3v) is 0.520. The highest BCUT2D eigenvalue weighted by molar-refractivity contribution is 8.26. The standard InChI is InChI=1S/C4H8O3.Cl2OS/c1-7-3-2-4(5)6;1-4(2)3/h2-3H2,1H3,(H,5,6);. The van der Waals surface area contributed by atoms with E-state index < -0.39 is 15.2 Å². The number of carbonyl (C=O) groups is 1. The summed E-state index contributed by atoms with van der Waals surface area (Å²) in [6, 6.07) is 0. The lowest BCUT2D eigenvalue weighted by molar-refractivity contribution is -0.137. The van der Waals surface area contributed by atoms with Crippen molar-refractivity contribution in [3.8, 4) is 0 Å². The van der Waals surface area contributed by atoms with Crippen molar-refractivity contribution in [2.24, 2.45) is 0 Å². The molecule has 0 rings (SSSR count). The summed E-state index contributed by atoms with van der Waals surface area (Å²) in [5, 5.41) is 7.96. The zero-order valence-corrected chi connectivity index (χ0v) is 8.08. The molecule has 0 saturated carbocycles. The van der Waals surface area contributed by atoms with Crippen molar-refractivity contribution in [3.05, 3.63) is 0 Å². The first kappa shape index (κ1) is 13.7. The van der Waals surface area contributed by atoms with Crippen molar-refractivity contribution < 1.29 is 18.8 Å². The summed E-state index contributed by atoms with van der Waals surface area (Å²) >= 11 is 0. The van der Waals surface area contributed by atoms with Crippen molar-refractivity contribution in [3.63, 3.8) is 0 Å². The third-order valence-electron chi connectivity index (χ3n) is 0.520. The molecule has 4 nitrogen and oxygen atoms in total. The number of methoxy groups -OCH3 is 1. The van der Waals surface area contributed by atoms with Crippen LogP contribution < -0.4 is 0 Å². The van der Waals surface area contributed by atoms with Gasteiger partial charge in [-0.15, -0.1) is 0 Å². The number of halogens is 2. The number of hydrogen-bond donors (Lipinski definition) is 1. The zero-order valence-electron chi connectivity index (χ0n) is 5.75. The maximum atomic E-state index is 9.68. The second-order valence-electron chi connectivity index (χ2n) is 1.32. The Labute approximate surface area is 75.9 Å². The molecule has 11 heavy (non-hydrogen) atoms. The van der Waals surface area contributed by atoms with Gasteiger partial charge in [0, 0.05) is 28.5 Å².